The molecule has 2 aromatic heterocycles. The maximum atomic E-state index is 14.2. The van der Waals surface area contributed by atoms with Gasteiger partial charge in [-0.05, 0) is 37.1 Å². The Morgan fingerprint density at radius 1 is 0.909 bits per heavy atom. The van der Waals surface area contributed by atoms with E-state index in [4.69, 9.17) is 4.74 Å². The second-order valence-electron chi connectivity index (χ2n) is 7.57. The fraction of sp³-hybridized carbons (Fsp3) is 0.227. The Morgan fingerprint density at radius 3 is 2.30 bits per heavy atom. The molecule has 5 rings (SSSR count). The van der Waals surface area contributed by atoms with Gasteiger partial charge in [-0.2, -0.15) is 10.1 Å². The number of anilines is 4. The zero-order chi connectivity index (χ0) is 22.9. The van der Waals surface area contributed by atoms with Crippen LogP contribution in [0.1, 0.15) is 18.9 Å². The van der Waals surface area contributed by atoms with E-state index in [-0.39, 0.29) is 23.6 Å². The zero-order valence-corrected chi connectivity index (χ0v) is 17.2. The van der Waals surface area contributed by atoms with Gasteiger partial charge >= 0.3 is 0 Å². The van der Waals surface area contributed by atoms with Crippen LogP contribution in [0, 0.1) is 23.3 Å². The van der Waals surface area contributed by atoms with Crippen LogP contribution >= 0.6 is 0 Å². The summed E-state index contributed by atoms with van der Waals surface area (Å²) in [4.78, 5) is 8.81. The van der Waals surface area contributed by atoms with Gasteiger partial charge in [0.2, 0.25) is 5.95 Å². The summed E-state index contributed by atoms with van der Waals surface area (Å²) in [7, 11) is 0. The molecule has 1 saturated heterocycles. The molecule has 2 N–H and O–H groups in total. The molecule has 33 heavy (non-hydrogen) atoms. The number of nitrogens with one attached hydrogen (secondary N) is 2. The highest BCUT2D eigenvalue weighted by atomic mass is 19.1. The number of benzene rings is 2. The minimum Gasteiger partial charge on any atom is -0.381 e. The van der Waals surface area contributed by atoms with E-state index in [1.165, 1.54) is 18.3 Å². The standard InChI is InChI=1S/C22H18F4N6O/c23-12-1-3-14(4-2-12)28-22-27-11-16-20(29-19-17(25)9-13(24)10-18(19)26)31-32(21(16)30-22)15-5-7-33-8-6-15/h1-4,9-11,15H,5-8H2,(H,29,31)(H,27,28,30). The second kappa shape index (κ2) is 8.66. The quantitative estimate of drug-likeness (QED) is 0.400. The molecule has 7 nitrogen and oxygen atoms in total. The molecule has 4 aromatic rings. The lowest BCUT2D eigenvalue weighted by atomic mass is 10.1. The van der Waals surface area contributed by atoms with E-state index in [2.05, 4.69) is 25.7 Å². The molecular weight excluding hydrogens is 440 g/mol. The monoisotopic (exact) mass is 458 g/mol. The molecule has 0 radical (unpaired) electrons. The molecule has 0 saturated carbocycles. The minimum absolute atomic E-state index is 0.0479. The Balaban J connectivity index is 1.56. The number of hydrogen-bond donors (Lipinski definition) is 2. The van der Waals surface area contributed by atoms with Crippen molar-refractivity contribution in [2.45, 2.75) is 18.9 Å². The van der Waals surface area contributed by atoms with Gasteiger partial charge in [-0.3, -0.25) is 0 Å². The topological polar surface area (TPSA) is 76.9 Å². The molecule has 0 unspecified atom stereocenters. The number of nitrogens with zero attached hydrogens (tertiary/aromatic N) is 4. The highest BCUT2D eigenvalue weighted by Crippen LogP contribution is 2.32. The Hall–Kier alpha value is -3.73. The van der Waals surface area contributed by atoms with Crippen LogP contribution in [0.4, 0.5) is 40.7 Å². The van der Waals surface area contributed by atoms with Crippen molar-refractivity contribution in [3.63, 3.8) is 0 Å². The van der Waals surface area contributed by atoms with E-state index >= 15 is 0 Å². The van der Waals surface area contributed by atoms with Crippen molar-refractivity contribution >= 4 is 34.2 Å². The van der Waals surface area contributed by atoms with Crippen molar-refractivity contribution in [3.05, 3.63) is 65.9 Å². The Bertz CT molecular complexity index is 1280. The average molecular weight is 458 g/mol. The van der Waals surface area contributed by atoms with E-state index in [9.17, 15) is 17.6 Å². The Morgan fingerprint density at radius 2 is 1.61 bits per heavy atom. The SMILES string of the molecule is Fc1ccc(Nc2ncc3c(Nc4c(F)cc(F)cc4F)nn(C4CCOCC4)c3n2)cc1. The van der Waals surface area contributed by atoms with Gasteiger partial charge in [0.1, 0.15) is 17.3 Å². The molecule has 11 heteroatoms. The average Bonchev–Trinajstić information content (AvgIpc) is 3.16. The second-order valence-corrected chi connectivity index (χ2v) is 7.57. The van der Waals surface area contributed by atoms with Gasteiger partial charge in [-0.25, -0.2) is 27.2 Å². The Labute approximate surface area is 185 Å². The number of halogens is 4. The summed E-state index contributed by atoms with van der Waals surface area (Å²) < 4.78 is 62.1. The molecule has 0 atom stereocenters. The predicted octanol–water partition coefficient (Wildman–Crippen LogP) is 5.22. The number of aromatic nitrogens is 4. The van der Waals surface area contributed by atoms with Crippen molar-refractivity contribution in [2.75, 3.05) is 23.8 Å². The van der Waals surface area contributed by atoms with Gasteiger partial charge in [-0.1, -0.05) is 0 Å². The fourth-order valence-electron chi connectivity index (χ4n) is 3.70. The van der Waals surface area contributed by atoms with Crippen molar-refractivity contribution in [1.82, 2.24) is 19.7 Å². The third kappa shape index (κ3) is 4.31. The molecule has 3 heterocycles. The first kappa shape index (κ1) is 21.1. The first-order chi connectivity index (χ1) is 16.0. The summed E-state index contributed by atoms with van der Waals surface area (Å²) in [6, 6.07) is 6.84. The van der Waals surface area contributed by atoms with Crippen molar-refractivity contribution in [1.29, 1.82) is 0 Å². The maximum Gasteiger partial charge on any atom is 0.229 e. The largest absolute Gasteiger partial charge is 0.381 e. The van der Waals surface area contributed by atoms with Crippen LogP contribution in [0.3, 0.4) is 0 Å². The highest BCUT2D eigenvalue weighted by molar-refractivity contribution is 5.90. The predicted molar refractivity (Wildman–Crippen MR) is 114 cm³/mol. The van der Waals surface area contributed by atoms with Crippen LogP contribution in [0.15, 0.2) is 42.6 Å². The smallest absolute Gasteiger partial charge is 0.229 e. The van der Waals surface area contributed by atoms with Crippen LogP contribution in [0.5, 0.6) is 0 Å². The van der Waals surface area contributed by atoms with Crippen molar-refractivity contribution in [3.8, 4) is 0 Å². The van der Waals surface area contributed by atoms with Crippen molar-refractivity contribution in [2.24, 2.45) is 0 Å². The molecule has 1 fully saturated rings. The maximum absolute atomic E-state index is 14.2. The lowest BCUT2D eigenvalue weighted by Crippen LogP contribution is -2.21. The van der Waals surface area contributed by atoms with Crippen LogP contribution in [0.25, 0.3) is 11.0 Å². The van der Waals surface area contributed by atoms with Crippen molar-refractivity contribution < 1.29 is 22.3 Å². The lowest BCUT2D eigenvalue weighted by molar-refractivity contribution is 0.0674. The van der Waals surface area contributed by atoms with Gasteiger partial charge in [0.15, 0.2) is 23.1 Å². The van der Waals surface area contributed by atoms with Gasteiger partial charge in [-0.15, -0.1) is 0 Å². The molecule has 1 aliphatic heterocycles. The summed E-state index contributed by atoms with van der Waals surface area (Å²) >= 11 is 0. The Kier molecular flexibility index (Phi) is 5.55. The molecule has 0 spiro atoms. The molecule has 2 aromatic carbocycles. The molecule has 170 valence electrons. The number of hydrogen-bond acceptors (Lipinski definition) is 6. The summed E-state index contributed by atoms with van der Waals surface area (Å²) in [5.74, 6) is -3.19. The van der Waals surface area contributed by atoms with Crippen LogP contribution in [-0.4, -0.2) is 33.0 Å². The van der Waals surface area contributed by atoms with E-state index in [1.54, 1.807) is 16.8 Å². The lowest BCUT2D eigenvalue weighted by Gasteiger charge is -2.22. The third-order valence-electron chi connectivity index (χ3n) is 5.34. The summed E-state index contributed by atoms with van der Waals surface area (Å²) in [6.07, 6.45) is 2.83. The molecule has 1 aliphatic rings. The summed E-state index contributed by atoms with van der Waals surface area (Å²) in [6.45, 7) is 1.09. The van der Waals surface area contributed by atoms with E-state index in [0.717, 1.165) is 0 Å². The van der Waals surface area contributed by atoms with Crippen LogP contribution < -0.4 is 10.6 Å². The van der Waals surface area contributed by atoms with Crippen LogP contribution in [-0.2, 0) is 4.74 Å². The molecule has 0 aliphatic carbocycles. The molecular formula is C22H18F4N6O. The first-order valence-corrected chi connectivity index (χ1v) is 10.2. The van der Waals surface area contributed by atoms with Gasteiger partial charge < -0.3 is 15.4 Å². The number of rotatable bonds is 5. The summed E-state index contributed by atoms with van der Waals surface area (Å²) in [5.41, 5.74) is 0.497. The van der Waals surface area contributed by atoms with Gasteiger partial charge in [0, 0.05) is 37.2 Å². The molecule has 0 bridgehead atoms. The molecule has 0 amide bonds. The fourth-order valence-corrected chi connectivity index (χ4v) is 3.70. The third-order valence-corrected chi connectivity index (χ3v) is 5.34. The minimum atomic E-state index is -1.09. The number of ether oxygens (including phenoxy) is 1. The number of fused-ring (bicyclic) bond motifs is 1. The first-order valence-electron chi connectivity index (χ1n) is 10.2. The normalized spacial score (nSPS) is 14.5. The van der Waals surface area contributed by atoms with Crippen LogP contribution in [0.2, 0.25) is 0 Å². The highest BCUT2D eigenvalue weighted by Gasteiger charge is 2.24. The zero-order valence-electron chi connectivity index (χ0n) is 17.2. The van der Waals surface area contributed by atoms with E-state index in [1.807, 2.05) is 0 Å². The van der Waals surface area contributed by atoms with Gasteiger partial charge in [0.25, 0.3) is 0 Å². The summed E-state index contributed by atoms with van der Waals surface area (Å²) in [5, 5.41) is 10.6. The van der Waals surface area contributed by atoms with E-state index in [0.29, 0.717) is 54.9 Å². The van der Waals surface area contributed by atoms with Gasteiger partial charge in [0.05, 0.1) is 11.4 Å². The van der Waals surface area contributed by atoms with E-state index < -0.39 is 23.1 Å².